The average molecular weight is 205 g/mol. The molecule has 0 aromatic carbocycles. The number of carboxylic acids is 1. The van der Waals surface area contributed by atoms with Gasteiger partial charge in [-0.05, 0) is 6.92 Å². The number of carboxylic acid groups (broad SMARTS) is 1. The summed E-state index contributed by atoms with van der Waals surface area (Å²) in [4.78, 5) is 21.7. The first-order valence-electron chi connectivity index (χ1n) is 3.96. The third kappa shape index (κ3) is 4.28. The molecule has 13 heavy (non-hydrogen) atoms. The zero-order valence-electron chi connectivity index (χ0n) is 8.03. The molecule has 4 nitrogen and oxygen atoms in total. The minimum atomic E-state index is -1.32. The van der Waals surface area contributed by atoms with Gasteiger partial charge < -0.3 is 10.8 Å². The highest BCUT2D eigenvalue weighted by atomic mass is 32.2. The molecule has 0 aliphatic heterocycles. The van der Waals surface area contributed by atoms with Gasteiger partial charge in [0.25, 0.3) is 0 Å². The van der Waals surface area contributed by atoms with Crippen molar-refractivity contribution in [2.75, 3.05) is 5.75 Å². The molecule has 0 aliphatic rings. The summed E-state index contributed by atoms with van der Waals surface area (Å²) in [5, 5.41) is 8.61. The van der Waals surface area contributed by atoms with Gasteiger partial charge in [0.05, 0.1) is 0 Å². The highest BCUT2D eigenvalue weighted by Gasteiger charge is 2.29. The quantitative estimate of drug-likeness (QED) is 0.706. The predicted molar refractivity (Wildman–Crippen MR) is 52.5 cm³/mol. The van der Waals surface area contributed by atoms with E-state index in [9.17, 15) is 9.59 Å². The van der Waals surface area contributed by atoms with E-state index in [1.807, 2.05) is 0 Å². The lowest BCUT2D eigenvalue weighted by molar-refractivity contribution is -0.141. The van der Waals surface area contributed by atoms with Crippen LogP contribution in [0.3, 0.4) is 0 Å². The summed E-state index contributed by atoms with van der Waals surface area (Å²) in [6, 6.07) is 0. The van der Waals surface area contributed by atoms with E-state index in [1.165, 1.54) is 6.92 Å². The van der Waals surface area contributed by atoms with Crippen LogP contribution in [0.15, 0.2) is 0 Å². The van der Waals surface area contributed by atoms with Crippen LogP contribution in [0.2, 0.25) is 0 Å². The van der Waals surface area contributed by atoms with E-state index >= 15 is 0 Å². The molecular formula is C8H15NO3S. The molecule has 0 fully saturated rings. The first-order valence-corrected chi connectivity index (χ1v) is 4.95. The lowest BCUT2D eigenvalue weighted by Crippen LogP contribution is -2.47. The second-order valence-electron chi connectivity index (χ2n) is 3.49. The maximum Gasteiger partial charge on any atom is 0.324 e. The molecule has 1 atom stereocenters. The van der Waals surface area contributed by atoms with Crippen molar-refractivity contribution in [3.8, 4) is 0 Å². The van der Waals surface area contributed by atoms with Crippen LogP contribution in [0.4, 0.5) is 0 Å². The number of rotatable bonds is 4. The summed E-state index contributed by atoms with van der Waals surface area (Å²) >= 11 is 0.975. The molecule has 0 aromatic rings. The summed E-state index contributed by atoms with van der Waals surface area (Å²) in [6.07, 6.45) is 0. The molecule has 0 aliphatic carbocycles. The van der Waals surface area contributed by atoms with Gasteiger partial charge in [-0.15, -0.1) is 0 Å². The molecule has 3 N–H and O–H groups in total. The molecule has 0 rings (SSSR count). The zero-order valence-corrected chi connectivity index (χ0v) is 8.85. The maximum atomic E-state index is 11.1. The topological polar surface area (TPSA) is 80.4 Å². The molecule has 0 radical (unpaired) electrons. The van der Waals surface area contributed by atoms with Crippen LogP contribution in [0.1, 0.15) is 20.8 Å². The second-order valence-corrected chi connectivity index (χ2v) is 4.46. The van der Waals surface area contributed by atoms with E-state index in [-0.39, 0.29) is 16.8 Å². The lowest BCUT2D eigenvalue weighted by atomic mass is 10.1. The van der Waals surface area contributed by atoms with Gasteiger partial charge in [0.2, 0.25) is 0 Å². The maximum absolute atomic E-state index is 11.1. The Morgan fingerprint density at radius 2 is 2.00 bits per heavy atom. The highest BCUT2D eigenvalue weighted by Crippen LogP contribution is 2.15. The van der Waals surface area contributed by atoms with Crippen molar-refractivity contribution in [1.82, 2.24) is 0 Å². The number of hydrogen-bond acceptors (Lipinski definition) is 4. The smallest absolute Gasteiger partial charge is 0.324 e. The van der Waals surface area contributed by atoms with Crippen LogP contribution in [-0.4, -0.2) is 27.5 Å². The van der Waals surface area contributed by atoms with Crippen molar-refractivity contribution < 1.29 is 14.7 Å². The van der Waals surface area contributed by atoms with Gasteiger partial charge >= 0.3 is 5.97 Å². The Labute approximate surface area is 81.9 Å². The third-order valence-corrected chi connectivity index (χ3v) is 2.97. The van der Waals surface area contributed by atoms with E-state index < -0.39 is 11.5 Å². The minimum Gasteiger partial charge on any atom is -0.480 e. The molecule has 0 amide bonds. The Bertz CT molecular complexity index is 213. The fourth-order valence-electron chi connectivity index (χ4n) is 0.449. The van der Waals surface area contributed by atoms with Crippen molar-refractivity contribution in [3.05, 3.63) is 0 Å². The van der Waals surface area contributed by atoms with Crippen molar-refractivity contribution in [1.29, 1.82) is 0 Å². The molecule has 5 heteroatoms. The van der Waals surface area contributed by atoms with Crippen molar-refractivity contribution in [2.24, 2.45) is 11.7 Å². The SMILES string of the molecule is CC(C)C(=O)SC[C@@](C)(N)C(=O)O. The Morgan fingerprint density at radius 1 is 1.54 bits per heavy atom. The predicted octanol–water partition coefficient (Wildman–Crippen LogP) is 0.704. The molecule has 0 bridgehead atoms. The molecule has 0 saturated heterocycles. The molecule has 0 heterocycles. The summed E-state index contributed by atoms with van der Waals surface area (Å²) in [6.45, 7) is 4.93. The van der Waals surface area contributed by atoms with Crippen LogP contribution in [0.25, 0.3) is 0 Å². The summed E-state index contributed by atoms with van der Waals surface area (Å²) in [5.74, 6) is -1.06. The van der Waals surface area contributed by atoms with Gasteiger partial charge in [-0.1, -0.05) is 25.6 Å². The van der Waals surface area contributed by atoms with Gasteiger partial charge in [0.1, 0.15) is 5.54 Å². The van der Waals surface area contributed by atoms with Crippen LogP contribution < -0.4 is 5.73 Å². The lowest BCUT2D eigenvalue weighted by Gasteiger charge is -2.18. The van der Waals surface area contributed by atoms with E-state index in [4.69, 9.17) is 10.8 Å². The van der Waals surface area contributed by atoms with E-state index in [0.717, 1.165) is 11.8 Å². The summed E-state index contributed by atoms with van der Waals surface area (Å²) in [5.41, 5.74) is 4.11. The minimum absolute atomic E-state index is 0.0297. The molecule has 0 aromatic heterocycles. The monoisotopic (exact) mass is 205 g/mol. The fourth-order valence-corrected chi connectivity index (χ4v) is 1.35. The Morgan fingerprint density at radius 3 is 2.31 bits per heavy atom. The average Bonchev–Trinajstić information content (AvgIpc) is 1.99. The number of carbonyl (C=O) groups excluding carboxylic acids is 1. The molecule has 0 unspecified atom stereocenters. The Hall–Kier alpha value is -0.550. The van der Waals surface area contributed by atoms with Crippen LogP contribution in [-0.2, 0) is 9.59 Å². The van der Waals surface area contributed by atoms with Gasteiger partial charge in [-0.25, -0.2) is 0 Å². The van der Waals surface area contributed by atoms with Gasteiger partial charge in [0, 0.05) is 11.7 Å². The summed E-state index contributed by atoms with van der Waals surface area (Å²) in [7, 11) is 0. The normalized spacial score (nSPS) is 15.5. The largest absolute Gasteiger partial charge is 0.480 e. The standard InChI is InChI=1S/C8H15NO3S/c1-5(2)6(10)13-4-8(3,9)7(11)12/h5H,4,9H2,1-3H3,(H,11,12)/t8-/m1/s1. The zero-order chi connectivity index (χ0) is 10.6. The van der Waals surface area contributed by atoms with Gasteiger partial charge in [0.15, 0.2) is 5.12 Å². The third-order valence-electron chi connectivity index (χ3n) is 1.47. The fraction of sp³-hybridized carbons (Fsp3) is 0.750. The molecular weight excluding hydrogens is 190 g/mol. The van der Waals surface area contributed by atoms with Gasteiger partial charge in [-0.2, -0.15) is 0 Å². The number of hydrogen-bond donors (Lipinski definition) is 2. The van der Waals surface area contributed by atoms with Crippen molar-refractivity contribution >= 4 is 22.8 Å². The van der Waals surface area contributed by atoms with E-state index in [1.54, 1.807) is 13.8 Å². The number of aliphatic carboxylic acids is 1. The van der Waals surface area contributed by atoms with Gasteiger partial charge in [-0.3, -0.25) is 9.59 Å². The van der Waals surface area contributed by atoms with E-state index in [2.05, 4.69) is 0 Å². The molecule has 0 spiro atoms. The first-order chi connectivity index (χ1) is 5.77. The van der Waals surface area contributed by atoms with Crippen molar-refractivity contribution in [3.63, 3.8) is 0 Å². The number of nitrogens with two attached hydrogens (primary N) is 1. The highest BCUT2D eigenvalue weighted by molar-refractivity contribution is 8.13. The van der Waals surface area contributed by atoms with E-state index in [0.29, 0.717) is 0 Å². The number of thioether (sulfide) groups is 1. The first kappa shape index (κ1) is 12.4. The Kier molecular flexibility index (Phi) is 4.43. The van der Waals surface area contributed by atoms with Crippen LogP contribution in [0.5, 0.6) is 0 Å². The Balaban J connectivity index is 4.03. The van der Waals surface area contributed by atoms with Crippen molar-refractivity contribution in [2.45, 2.75) is 26.3 Å². The second kappa shape index (κ2) is 4.62. The van der Waals surface area contributed by atoms with Crippen LogP contribution >= 0.6 is 11.8 Å². The number of carbonyl (C=O) groups is 2. The van der Waals surface area contributed by atoms with Crippen LogP contribution in [0, 0.1) is 5.92 Å². The molecule has 0 saturated carbocycles. The summed E-state index contributed by atoms with van der Waals surface area (Å²) < 4.78 is 0. The molecule has 76 valence electrons.